The molecule has 0 radical (unpaired) electrons. The topological polar surface area (TPSA) is 24.1 Å². The molecule has 5 aromatic carbocycles. The van der Waals surface area contributed by atoms with Gasteiger partial charge in [0.25, 0.3) is 0 Å². The van der Waals surface area contributed by atoms with E-state index < -0.39 is 0 Å². The lowest BCUT2D eigenvalue weighted by molar-refractivity contribution is 0.589. The van der Waals surface area contributed by atoms with Gasteiger partial charge in [-0.2, -0.15) is 0 Å². The molecule has 0 saturated heterocycles. The van der Waals surface area contributed by atoms with E-state index in [-0.39, 0.29) is 21.7 Å². The molecule has 0 unspecified atom stereocenters. The van der Waals surface area contributed by atoms with Crippen LogP contribution in [0.2, 0.25) is 0 Å². The molecular weight excluding hydrogens is 629 g/mol. The Bertz CT molecular complexity index is 1980. The molecule has 52 heavy (non-hydrogen) atoms. The number of benzene rings is 5. The van der Waals surface area contributed by atoms with Gasteiger partial charge in [0, 0.05) is 36.4 Å². The van der Waals surface area contributed by atoms with E-state index in [1.54, 1.807) is 0 Å². The number of hydrogen-bond donors (Lipinski definition) is 2. The van der Waals surface area contributed by atoms with Crippen LogP contribution in [0.1, 0.15) is 139 Å². The van der Waals surface area contributed by atoms with Crippen molar-refractivity contribution in [3.8, 4) is 0 Å². The molecule has 5 aromatic rings. The smallest absolute Gasteiger partial charge is 0.141 e. The van der Waals surface area contributed by atoms with Crippen LogP contribution < -0.4 is 10.6 Å². The Morgan fingerprint density at radius 2 is 0.615 bits per heavy atom. The summed E-state index contributed by atoms with van der Waals surface area (Å²) in [5, 5.41) is 7.62. The first-order valence-electron chi connectivity index (χ1n) is 18.8. The van der Waals surface area contributed by atoms with Crippen molar-refractivity contribution in [3.63, 3.8) is 0 Å². The number of hydrogen-bond acceptors (Lipinski definition) is 2. The normalized spacial score (nSPS) is 13.8. The molecule has 0 bridgehead atoms. The fourth-order valence-electron chi connectivity index (χ4n) is 7.14. The quantitative estimate of drug-likeness (QED) is 0.177. The second-order valence-electron chi connectivity index (χ2n) is 18.9. The Morgan fingerprint density at radius 3 is 0.865 bits per heavy atom. The average Bonchev–Trinajstić information content (AvgIpc) is 3.05. The molecule has 2 aliphatic rings. The molecule has 2 nitrogen and oxygen atoms in total. The van der Waals surface area contributed by atoms with Crippen LogP contribution >= 0.6 is 0 Å². The van der Waals surface area contributed by atoms with Crippen LogP contribution in [0.3, 0.4) is 0 Å². The third-order valence-corrected chi connectivity index (χ3v) is 10.6. The molecule has 2 aliphatic heterocycles. The minimum absolute atomic E-state index is 0.0456. The molecule has 0 aromatic heterocycles. The third kappa shape index (κ3) is 6.82. The molecular formula is C50H54N2+2. The highest BCUT2D eigenvalue weighted by molar-refractivity contribution is 5.98. The summed E-state index contributed by atoms with van der Waals surface area (Å²) >= 11 is 0. The Morgan fingerprint density at radius 1 is 0.346 bits per heavy atom. The van der Waals surface area contributed by atoms with Gasteiger partial charge in [0.2, 0.25) is 0 Å². The van der Waals surface area contributed by atoms with Gasteiger partial charge in [-0.3, -0.25) is 0 Å². The number of anilines is 4. The Kier molecular flexibility index (Phi) is 8.38. The lowest BCUT2D eigenvalue weighted by Crippen LogP contribution is -2.15. The summed E-state index contributed by atoms with van der Waals surface area (Å²) < 4.78 is 0. The summed E-state index contributed by atoms with van der Waals surface area (Å²) in [7, 11) is 0. The zero-order valence-corrected chi connectivity index (χ0v) is 33.2. The second-order valence-corrected chi connectivity index (χ2v) is 18.9. The molecule has 0 amide bonds. The number of fused-ring (bicyclic) bond motifs is 4. The van der Waals surface area contributed by atoms with E-state index in [4.69, 9.17) is 0 Å². The standard InChI is InChI=1S/C50H54N2/c1-47(2,3)33-16-20-37-41(38-21-17-34(48(4,5)6)28-44(38)51-43(37)27-33)25-31-14-13-15-32(24-31)26-42-39-22-18-35(49(7,8)9)29-45(39)52-46-30-36(50(10,11)12)19-23-40(42)46/h13-24,27-30,51-52H,1-12H3/q+2. The van der Waals surface area contributed by atoms with Gasteiger partial charge in [-0.05, 0) is 117 Å². The Labute approximate surface area is 313 Å². The maximum Gasteiger partial charge on any atom is 0.141 e. The molecule has 2 heterocycles. The van der Waals surface area contributed by atoms with Gasteiger partial charge in [-0.1, -0.05) is 83.1 Å². The minimum atomic E-state index is 0.0456. The largest absolute Gasteiger partial charge is 0.341 e. The predicted octanol–water partition coefficient (Wildman–Crippen LogP) is 13.6. The number of rotatable bonds is 2. The molecule has 262 valence electrons. The fourth-order valence-corrected chi connectivity index (χ4v) is 7.14. The summed E-state index contributed by atoms with van der Waals surface area (Å²) in [6.07, 6.45) is 7.78. The zero-order valence-electron chi connectivity index (χ0n) is 33.2. The Balaban J connectivity index is 1.37. The molecule has 0 fully saturated rings. The summed E-state index contributed by atoms with van der Waals surface area (Å²) in [6.45, 7) is 27.3. The van der Waals surface area contributed by atoms with Crippen LogP contribution in [0, 0.1) is 12.2 Å². The highest BCUT2D eigenvalue weighted by Crippen LogP contribution is 2.46. The van der Waals surface area contributed by atoms with Crippen molar-refractivity contribution < 1.29 is 0 Å². The van der Waals surface area contributed by atoms with Crippen molar-refractivity contribution in [3.05, 3.63) is 165 Å². The van der Waals surface area contributed by atoms with Crippen molar-refractivity contribution in [2.75, 3.05) is 10.6 Å². The molecule has 2 N–H and O–H groups in total. The lowest BCUT2D eigenvalue weighted by atomic mass is 9.81. The van der Waals surface area contributed by atoms with E-state index >= 15 is 0 Å². The molecule has 0 atom stereocenters. The molecule has 0 saturated carbocycles. The van der Waals surface area contributed by atoms with Crippen molar-refractivity contribution in [2.24, 2.45) is 0 Å². The molecule has 7 rings (SSSR count). The van der Waals surface area contributed by atoms with Crippen LogP contribution in [-0.2, 0) is 21.7 Å². The van der Waals surface area contributed by atoms with Gasteiger partial charge in [-0.25, -0.2) is 0 Å². The summed E-state index contributed by atoms with van der Waals surface area (Å²) in [4.78, 5) is 0. The van der Waals surface area contributed by atoms with Crippen LogP contribution in [0.4, 0.5) is 22.7 Å². The highest BCUT2D eigenvalue weighted by atomic mass is 14.9. The predicted molar refractivity (Wildman–Crippen MR) is 223 cm³/mol. The first-order valence-corrected chi connectivity index (χ1v) is 18.8. The highest BCUT2D eigenvalue weighted by Gasteiger charge is 2.32. The Hall–Kier alpha value is -5.00. The van der Waals surface area contributed by atoms with E-state index in [9.17, 15) is 0 Å². The van der Waals surface area contributed by atoms with Crippen molar-refractivity contribution in [1.29, 1.82) is 0 Å². The van der Waals surface area contributed by atoms with E-state index in [0.29, 0.717) is 0 Å². The second kappa shape index (κ2) is 12.3. The van der Waals surface area contributed by atoms with Crippen molar-refractivity contribution >= 4 is 33.9 Å². The van der Waals surface area contributed by atoms with Crippen LogP contribution in [0.15, 0.2) is 97.1 Å². The van der Waals surface area contributed by atoms with Gasteiger partial charge in [0.15, 0.2) is 0 Å². The number of nitrogens with one attached hydrogen (secondary N) is 2. The first-order chi connectivity index (χ1) is 24.3. The van der Waals surface area contributed by atoms with Gasteiger partial charge < -0.3 is 10.6 Å². The van der Waals surface area contributed by atoms with E-state index in [1.165, 1.54) is 44.5 Å². The molecule has 2 heteroatoms. The maximum atomic E-state index is 3.89. The van der Waals surface area contributed by atoms with Crippen molar-refractivity contribution in [2.45, 2.75) is 105 Å². The molecule has 0 aliphatic carbocycles. The lowest BCUT2D eigenvalue weighted by Gasteiger charge is -2.26. The van der Waals surface area contributed by atoms with Gasteiger partial charge in [0.1, 0.15) is 22.3 Å². The average molecular weight is 683 g/mol. The first kappa shape index (κ1) is 35.4. The maximum absolute atomic E-state index is 3.89. The van der Waals surface area contributed by atoms with E-state index in [0.717, 1.165) is 45.0 Å². The summed E-state index contributed by atoms with van der Waals surface area (Å²) in [6, 6.07) is 36.1. The van der Waals surface area contributed by atoms with Crippen LogP contribution in [0.25, 0.3) is 11.1 Å². The minimum Gasteiger partial charge on any atom is -0.341 e. The van der Waals surface area contributed by atoms with Gasteiger partial charge in [0.05, 0.1) is 45.0 Å². The van der Waals surface area contributed by atoms with E-state index in [2.05, 4.69) is 203 Å². The van der Waals surface area contributed by atoms with E-state index in [1.807, 2.05) is 0 Å². The van der Waals surface area contributed by atoms with Crippen LogP contribution in [-0.4, -0.2) is 0 Å². The summed E-state index contributed by atoms with van der Waals surface area (Å²) in [5.41, 5.74) is 18.9. The summed E-state index contributed by atoms with van der Waals surface area (Å²) in [5.74, 6) is 0. The monoisotopic (exact) mass is 682 g/mol. The van der Waals surface area contributed by atoms with Gasteiger partial charge >= 0.3 is 0 Å². The van der Waals surface area contributed by atoms with Gasteiger partial charge in [-0.15, -0.1) is 0 Å². The SMILES string of the molecule is CC(C)(C)c1ccc2c(c1)Nc1cc(C(C)(C)C)ccc1C2=[C+]c1cccc([C+]=C2c3ccc(C(C)(C)C)cc3Nc3cc(C(C)(C)C)ccc32)c1. The zero-order chi connectivity index (χ0) is 37.4. The van der Waals surface area contributed by atoms with Crippen LogP contribution in [0.5, 0.6) is 0 Å². The third-order valence-electron chi connectivity index (χ3n) is 10.6. The van der Waals surface area contributed by atoms with Crippen molar-refractivity contribution in [1.82, 2.24) is 0 Å². The fraction of sp³-hybridized carbons (Fsp3) is 0.320. The molecule has 0 spiro atoms.